The van der Waals surface area contributed by atoms with Crippen LogP contribution in [0.15, 0.2) is 55.1 Å². The first-order chi connectivity index (χ1) is 13.8. The second kappa shape index (κ2) is 6.71. The average Bonchev–Trinajstić information content (AvgIpc) is 3.16. The van der Waals surface area contributed by atoms with Crippen LogP contribution >= 0.6 is 0 Å². The van der Waals surface area contributed by atoms with Crippen LogP contribution in [0.25, 0.3) is 22.4 Å². The van der Waals surface area contributed by atoms with Gasteiger partial charge in [-0.15, -0.1) is 0 Å². The highest BCUT2D eigenvalue weighted by Gasteiger charge is 2.21. The number of hydrogen-bond acceptors (Lipinski definition) is 6. The van der Waals surface area contributed by atoms with Crippen LogP contribution < -0.4 is 5.73 Å². The molecule has 6 nitrogen and oxygen atoms in total. The minimum absolute atomic E-state index is 0.189. The van der Waals surface area contributed by atoms with Crippen molar-refractivity contribution in [2.45, 2.75) is 18.8 Å². The second-order valence-corrected chi connectivity index (χ2v) is 6.68. The van der Waals surface area contributed by atoms with Gasteiger partial charge >= 0.3 is 0 Å². The summed E-state index contributed by atoms with van der Waals surface area (Å²) in [7, 11) is 0. The van der Waals surface area contributed by atoms with E-state index in [-0.39, 0.29) is 5.92 Å². The van der Waals surface area contributed by atoms with Crippen molar-refractivity contribution in [3.63, 3.8) is 0 Å². The molecule has 0 spiro atoms. The Labute approximate surface area is 161 Å². The molecular weight excluding hydrogens is 348 g/mol. The van der Waals surface area contributed by atoms with Gasteiger partial charge in [0.25, 0.3) is 0 Å². The number of hydrogen-bond donors (Lipinski definition) is 1. The van der Waals surface area contributed by atoms with Crippen LogP contribution in [0.1, 0.15) is 29.2 Å². The van der Waals surface area contributed by atoms with E-state index >= 15 is 0 Å². The van der Waals surface area contributed by atoms with Gasteiger partial charge in [0.05, 0.1) is 17.8 Å². The van der Waals surface area contributed by atoms with E-state index in [2.05, 4.69) is 42.8 Å². The Balaban J connectivity index is 1.48. The third kappa shape index (κ3) is 2.93. The van der Waals surface area contributed by atoms with Gasteiger partial charge in [-0.2, -0.15) is 0 Å². The van der Waals surface area contributed by atoms with Crippen LogP contribution in [-0.2, 0) is 6.42 Å². The molecule has 0 radical (unpaired) electrons. The zero-order valence-corrected chi connectivity index (χ0v) is 15.0. The highest BCUT2D eigenvalue weighted by Crippen LogP contribution is 2.30. The largest absolute Gasteiger partial charge is 0.382 e. The maximum Gasteiger partial charge on any atom is 0.160 e. The summed E-state index contributed by atoms with van der Waals surface area (Å²) in [4.78, 5) is 21.6. The van der Waals surface area contributed by atoms with Crippen molar-refractivity contribution in [1.29, 1.82) is 0 Å². The maximum atomic E-state index is 5.92. The summed E-state index contributed by atoms with van der Waals surface area (Å²) in [5, 5.41) is 0. The Morgan fingerprint density at radius 2 is 2.00 bits per heavy atom. The molecule has 0 aliphatic heterocycles. The molecule has 2 N–H and O–H groups in total. The third-order valence-electron chi connectivity index (χ3n) is 4.88. The standard InChI is InChI=1S/C22H16N6/c23-21-20-18(26-13-27-21)12-25-22(28-20)17-4-1-3-14(11-17)6-7-16-9-8-15-5-2-10-24-19(15)16/h1-5,10-13,16H,8-9H2,(H2,23,26,27)/t16-/m1/s1. The smallest absolute Gasteiger partial charge is 0.160 e. The third-order valence-corrected chi connectivity index (χ3v) is 4.88. The van der Waals surface area contributed by atoms with Gasteiger partial charge in [-0.25, -0.2) is 19.9 Å². The molecule has 0 bridgehead atoms. The number of nitrogens with two attached hydrogens (primary N) is 1. The summed E-state index contributed by atoms with van der Waals surface area (Å²) in [5.74, 6) is 7.78. The molecule has 1 aromatic carbocycles. The van der Waals surface area contributed by atoms with Gasteiger partial charge in [-0.05, 0) is 36.6 Å². The first-order valence-electron chi connectivity index (χ1n) is 9.07. The quantitative estimate of drug-likeness (QED) is 0.522. The van der Waals surface area contributed by atoms with Crippen molar-refractivity contribution < 1.29 is 0 Å². The summed E-state index contributed by atoms with van der Waals surface area (Å²) in [6.07, 6.45) is 6.97. The lowest BCUT2D eigenvalue weighted by Crippen LogP contribution is -1.98. The van der Waals surface area contributed by atoms with Crippen LogP contribution in [0, 0.1) is 11.8 Å². The van der Waals surface area contributed by atoms with E-state index in [9.17, 15) is 0 Å². The second-order valence-electron chi connectivity index (χ2n) is 6.68. The first-order valence-corrected chi connectivity index (χ1v) is 9.07. The van der Waals surface area contributed by atoms with E-state index in [0.717, 1.165) is 29.7 Å². The minimum Gasteiger partial charge on any atom is -0.382 e. The van der Waals surface area contributed by atoms with Crippen molar-refractivity contribution in [1.82, 2.24) is 24.9 Å². The molecule has 0 saturated carbocycles. The fraction of sp³-hybridized carbons (Fsp3) is 0.136. The minimum atomic E-state index is 0.189. The number of anilines is 1. The molecule has 3 heterocycles. The Kier molecular flexibility index (Phi) is 3.91. The molecule has 6 heteroatoms. The molecular formula is C22H16N6. The monoisotopic (exact) mass is 364 g/mol. The summed E-state index contributed by atoms with van der Waals surface area (Å²) < 4.78 is 0. The number of aryl methyl sites for hydroxylation is 1. The van der Waals surface area contributed by atoms with Crippen molar-refractivity contribution in [3.8, 4) is 23.2 Å². The van der Waals surface area contributed by atoms with Crippen LogP contribution in [0.2, 0.25) is 0 Å². The summed E-state index contributed by atoms with van der Waals surface area (Å²) in [6, 6.07) is 12.0. The van der Waals surface area contributed by atoms with E-state index < -0.39 is 0 Å². The summed E-state index contributed by atoms with van der Waals surface area (Å²) >= 11 is 0. The van der Waals surface area contributed by atoms with Gasteiger partial charge in [0.1, 0.15) is 17.4 Å². The van der Waals surface area contributed by atoms with Gasteiger partial charge in [0, 0.05) is 17.3 Å². The Hall–Kier alpha value is -3.85. The number of nitrogen functional groups attached to an aromatic ring is 1. The normalized spacial score (nSPS) is 15.1. The predicted octanol–water partition coefficient (Wildman–Crippen LogP) is 3.15. The number of rotatable bonds is 1. The van der Waals surface area contributed by atoms with Gasteiger partial charge in [0.15, 0.2) is 11.6 Å². The number of fused-ring (bicyclic) bond motifs is 2. The lowest BCUT2D eigenvalue weighted by atomic mass is 10.1. The fourth-order valence-corrected chi connectivity index (χ4v) is 3.47. The number of pyridine rings is 1. The molecule has 134 valence electrons. The lowest BCUT2D eigenvalue weighted by Gasteiger charge is -2.04. The zero-order valence-electron chi connectivity index (χ0n) is 15.0. The molecule has 1 aliphatic rings. The molecule has 0 amide bonds. The van der Waals surface area contributed by atoms with Gasteiger partial charge in [-0.3, -0.25) is 4.98 Å². The van der Waals surface area contributed by atoms with Crippen molar-refractivity contribution >= 4 is 16.9 Å². The molecule has 3 aromatic heterocycles. The highest BCUT2D eigenvalue weighted by molar-refractivity contribution is 5.84. The van der Waals surface area contributed by atoms with Crippen molar-refractivity contribution in [3.05, 3.63) is 71.9 Å². The predicted molar refractivity (Wildman–Crippen MR) is 107 cm³/mol. The van der Waals surface area contributed by atoms with Crippen molar-refractivity contribution in [2.24, 2.45) is 0 Å². The van der Waals surface area contributed by atoms with Crippen LogP contribution in [-0.4, -0.2) is 24.9 Å². The van der Waals surface area contributed by atoms with E-state index in [1.165, 1.54) is 11.9 Å². The molecule has 1 atom stereocenters. The Morgan fingerprint density at radius 1 is 1.04 bits per heavy atom. The molecule has 4 aromatic rings. The molecule has 28 heavy (non-hydrogen) atoms. The topological polar surface area (TPSA) is 90.5 Å². The number of nitrogens with zero attached hydrogens (tertiary/aromatic N) is 5. The number of aromatic nitrogens is 5. The SMILES string of the molecule is Nc1ncnc2cnc(-c3cccc(C#C[C@@H]4CCc5cccnc54)c3)nc12. The first kappa shape index (κ1) is 16.3. The Morgan fingerprint density at radius 3 is 2.96 bits per heavy atom. The molecule has 5 rings (SSSR count). The van der Waals surface area contributed by atoms with Gasteiger partial charge < -0.3 is 5.73 Å². The summed E-state index contributed by atoms with van der Waals surface area (Å²) in [5.41, 5.74) is 11.3. The highest BCUT2D eigenvalue weighted by atomic mass is 15.0. The fourth-order valence-electron chi connectivity index (χ4n) is 3.47. The van der Waals surface area contributed by atoms with Crippen LogP contribution in [0.5, 0.6) is 0 Å². The van der Waals surface area contributed by atoms with Gasteiger partial charge in [0.2, 0.25) is 0 Å². The van der Waals surface area contributed by atoms with Crippen LogP contribution in [0.4, 0.5) is 5.82 Å². The number of benzene rings is 1. The molecule has 0 unspecified atom stereocenters. The van der Waals surface area contributed by atoms with E-state index in [0.29, 0.717) is 22.7 Å². The van der Waals surface area contributed by atoms with E-state index in [4.69, 9.17) is 5.73 Å². The maximum absolute atomic E-state index is 5.92. The summed E-state index contributed by atoms with van der Waals surface area (Å²) in [6.45, 7) is 0. The Bertz CT molecular complexity index is 1250. The van der Waals surface area contributed by atoms with Crippen LogP contribution in [0.3, 0.4) is 0 Å². The van der Waals surface area contributed by atoms with Gasteiger partial charge in [-0.1, -0.05) is 30.0 Å². The lowest BCUT2D eigenvalue weighted by molar-refractivity contribution is 0.820. The average molecular weight is 364 g/mol. The molecule has 0 fully saturated rings. The van der Waals surface area contributed by atoms with E-state index in [1.54, 1.807) is 6.20 Å². The molecule has 1 aliphatic carbocycles. The van der Waals surface area contributed by atoms with Crippen molar-refractivity contribution in [2.75, 3.05) is 5.73 Å². The zero-order chi connectivity index (χ0) is 18.9. The van der Waals surface area contributed by atoms with E-state index in [1.807, 2.05) is 36.5 Å². The molecule has 0 saturated heterocycles.